The van der Waals surface area contributed by atoms with Crippen LogP contribution in [0.2, 0.25) is 5.02 Å². The topological polar surface area (TPSA) is 83.3 Å². The number of rotatable bonds is 9. The molecule has 2 unspecified atom stereocenters. The Hall–Kier alpha value is -2.39. The van der Waals surface area contributed by atoms with Crippen molar-refractivity contribution in [3.63, 3.8) is 0 Å². The van der Waals surface area contributed by atoms with Crippen LogP contribution in [0.15, 0.2) is 64.2 Å². The highest BCUT2D eigenvalue weighted by Gasteiger charge is 2.24. The Morgan fingerprint density at radius 1 is 1.16 bits per heavy atom. The second kappa shape index (κ2) is 11.0. The summed E-state index contributed by atoms with van der Waals surface area (Å²) in [6, 6.07) is 18.4. The van der Waals surface area contributed by atoms with Gasteiger partial charge >= 0.3 is 0 Å². The molecule has 4 rings (SSSR count). The average Bonchev–Trinajstić information content (AvgIpc) is 3.48. The fourth-order valence-electron chi connectivity index (χ4n) is 3.63. The second-order valence-corrected chi connectivity index (χ2v) is 9.17. The van der Waals surface area contributed by atoms with E-state index in [1.807, 2.05) is 25.2 Å². The predicted molar refractivity (Wildman–Crippen MR) is 126 cm³/mol. The molecule has 1 aromatic heterocycles. The van der Waals surface area contributed by atoms with Crippen LogP contribution in [0.1, 0.15) is 30.9 Å². The standard InChI is InChI=1S/C23H26ClN5O2S/c1-29(13-5-8-19-14-20(26-25-19)16-6-3-2-4-7-16)21(30)15-32-23-28-27-22(31-23)17-9-11-18(24)12-10-17/h2-4,6-7,9-12,19-20,25-26H,5,8,13-15H2,1H3. The maximum atomic E-state index is 12.5. The third-order valence-electron chi connectivity index (χ3n) is 5.47. The van der Waals surface area contributed by atoms with Gasteiger partial charge in [-0.15, -0.1) is 10.2 Å². The molecule has 0 bridgehead atoms. The lowest BCUT2D eigenvalue weighted by atomic mass is 10.00. The summed E-state index contributed by atoms with van der Waals surface area (Å²) in [4.78, 5) is 14.2. The first-order valence-corrected chi connectivity index (χ1v) is 12.0. The van der Waals surface area contributed by atoms with Crippen LogP contribution >= 0.6 is 23.4 Å². The van der Waals surface area contributed by atoms with E-state index in [-0.39, 0.29) is 11.7 Å². The van der Waals surface area contributed by atoms with Gasteiger partial charge in [-0.05, 0) is 49.1 Å². The molecule has 1 aliphatic rings. The van der Waals surface area contributed by atoms with E-state index in [0.29, 0.717) is 34.8 Å². The Kier molecular flexibility index (Phi) is 7.81. The van der Waals surface area contributed by atoms with E-state index in [4.69, 9.17) is 16.0 Å². The average molecular weight is 472 g/mol. The van der Waals surface area contributed by atoms with Crippen LogP contribution in [-0.2, 0) is 4.79 Å². The molecular weight excluding hydrogens is 446 g/mol. The summed E-state index contributed by atoms with van der Waals surface area (Å²) in [5.41, 5.74) is 8.85. The van der Waals surface area contributed by atoms with Gasteiger partial charge < -0.3 is 9.32 Å². The molecule has 7 nitrogen and oxygen atoms in total. The first-order chi connectivity index (χ1) is 15.6. The normalized spacial score (nSPS) is 18.1. The zero-order valence-corrected chi connectivity index (χ0v) is 19.4. The van der Waals surface area contributed by atoms with Gasteiger partial charge in [-0.3, -0.25) is 15.6 Å². The zero-order valence-electron chi connectivity index (χ0n) is 17.8. The molecule has 1 fully saturated rings. The Bertz CT molecular complexity index is 1010. The van der Waals surface area contributed by atoms with Crippen molar-refractivity contribution in [1.29, 1.82) is 0 Å². The van der Waals surface area contributed by atoms with E-state index in [2.05, 4.69) is 45.3 Å². The summed E-state index contributed by atoms with van der Waals surface area (Å²) in [5, 5.41) is 9.09. The Labute approximate surface area is 196 Å². The monoisotopic (exact) mass is 471 g/mol. The molecule has 0 saturated carbocycles. The van der Waals surface area contributed by atoms with Gasteiger partial charge in [0.2, 0.25) is 11.8 Å². The van der Waals surface area contributed by atoms with Gasteiger partial charge in [-0.2, -0.15) is 0 Å². The number of carbonyl (C=O) groups excluding carboxylic acids is 1. The number of benzene rings is 2. The smallest absolute Gasteiger partial charge is 0.277 e. The van der Waals surface area contributed by atoms with Crippen molar-refractivity contribution in [2.45, 2.75) is 36.6 Å². The van der Waals surface area contributed by atoms with Gasteiger partial charge in [0.25, 0.3) is 5.22 Å². The fraction of sp³-hybridized carbons (Fsp3) is 0.348. The fourth-order valence-corrected chi connectivity index (χ4v) is 4.46. The second-order valence-electron chi connectivity index (χ2n) is 7.81. The van der Waals surface area contributed by atoms with Crippen LogP contribution in [0.25, 0.3) is 11.5 Å². The summed E-state index contributed by atoms with van der Waals surface area (Å²) < 4.78 is 5.65. The summed E-state index contributed by atoms with van der Waals surface area (Å²) in [6.45, 7) is 0.716. The molecule has 168 valence electrons. The number of hydrazine groups is 1. The molecular formula is C23H26ClN5O2S. The molecule has 0 aliphatic carbocycles. The zero-order chi connectivity index (χ0) is 22.3. The number of amides is 1. The van der Waals surface area contributed by atoms with E-state index >= 15 is 0 Å². The predicted octanol–water partition coefficient (Wildman–Crippen LogP) is 4.33. The SMILES string of the molecule is CN(CCCC1CC(c2ccccc2)NN1)C(=O)CSc1nnc(-c2ccc(Cl)cc2)o1. The highest BCUT2D eigenvalue weighted by Crippen LogP contribution is 2.25. The lowest BCUT2D eigenvalue weighted by Gasteiger charge is -2.17. The number of nitrogens with zero attached hydrogens (tertiary/aromatic N) is 3. The molecule has 2 N–H and O–H groups in total. The van der Waals surface area contributed by atoms with Gasteiger partial charge in [0.05, 0.1) is 5.75 Å². The quantitative estimate of drug-likeness (QED) is 0.449. The largest absolute Gasteiger partial charge is 0.411 e. The molecule has 1 amide bonds. The third-order valence-corrected chi connectivity index (χ3v) is 6.53. The number of aromatic nitrogens is 2. The van der Waals surface area contributed by atoms with E-state index in [1.54, 1.807) is 17.0 Å². The maximum Gasteiger partial charge on any atom is 0.277 e. The van der Waals surface area contributed by atoms with Crippen molar-refractivity contribution in [2.24, 2.45) is 0 Å². The highest BCUT2D eigenvalue weighted by molar-refractivity contribution is 7.99. The third kappa shape index (κ3) is 6.10. The Morgan fingerprint density at radius 2 is 1.94 bits per heavy atom. The van der Waals surface area contributed by atoms with Crippen LogP contribution in [0.3, 0.4) is 0 Å². The van der Waals surface area contributed by atoms with Crippen LogP contribution in [0.5, 0.6) is 0 Å². The summed E-state index contributed by atoms with van der Waals surface area (Å²) in [7, 11) is 1.84. The van der Waals surface area contributed by atoms with Crippen molar-refractivity contribution >= 4 is 29.3 Å². The van der Waals surface area contributed by atoms with Gasteiger partial charge in [-0.1, -0.05) is 53.7 Å². The van der Waals surface area contributed by atoms with Crippen molar-refractivity contribution < 1.29 is 9.21 Å². The van der Waals surface area contributed by atoms with Gasteiger partial charge in [0.15, 0.2) is 0 Å². The van der Waals surface area contributed by atoms with Gasteiger partial charge in [-0.25, -0.2) is 0 Å². The molecule has 0 radical (unpaired) electrons. The van der Waals surface area contributed by atoms with E-state index in [0.717, 1.165) is 24.8 Å². The number of nitrogens with one attached hydrogen (secondary N) is 2. The summed E-state index contributed by atoms with van der Waals surface area (Å²) >= 11 is 7.16. The van der Waals surface area contributed by atoms with E-state index < -0.39 is 0 Å². The van der Waals surface area contributed by atoms with Crippen LogP contribution in [0.4, 0.5) is 0 Å². The minimum absolute atomic E-state index is 0.0425. The minimum Gasteiger partial charge on any atom is -0.411 e. The molecule has 2 atom stereocenters. The molecule has 2 heterocycles. The summed E-state index contributed by atoms with van der Waals surface area (Å²) in [6.07, 6.45) is 2.99. The maximum absolute atomic E-state index is 12.5. The van der Waals surface area contributed by atoms with Crippen LogP contribution in [-0.4, -0.2) is 46.4 Å². The minimum atomic E-state index is 0.0425. The number of thioether (sulfide) groups is 1. The molecule has 32 heavy (non-hydrogen) atoms. The number of halogens is 1. The molecule has 0 spiro atoms. The lowest BCUT2D eigenvalue weighted by molar-refractivity contribution is -0.127. The molecule has 2 aromatic carbocycles. The van der Waals surface area contributed by atoms with Crippen molar-refractivity contribution in [2.75, 3.05) is 19.3 Å². The Morgan fingerprint density at radius 3 is 2.72 bits per heavy atom. The Balaban J connectivity index is 1.16. The van der Waals surface area contributed by atoms with Crippen molar-refractivity contribution in [1.82, 2.24) is 25.9 Å². The van der Waals surface area contributed by atoms with Gasteiger partial charge in [0.1, 0.15) is 0 Å². The van der Waals surface area contributed by atoms with Crippen molar-refractivity contribution in [3.05, 3.63) is 65.2 Å². The lowest BCUT2D eigenvalue weighted by Crippen LogP contribution is -2.33. The molecule has 9 heteroatoms. The van der Waals surface area contributed by atoms with Crippen molar-refractivity contribution in [3.8, 4) is 11.5 Å². The molecule has 1 saturated heterocycles. The first-order valence-electron chi connectivity index (χ1n) is 10.6. The van der Waals surface area contributed by atoms with E-state index in [9.17, 15) is 4.79 Å². The van der Waals surface area contributed by atoms with Crippen LogP contribution < -0.4 is 10.9 Å². The molecule has 3 aromatic rings. The van der Waals surface area contributed by atoms with Gasteiger partial charge in [0, 0.05) is 36.3 Å². The number of hydrogen-bond acceptors (Lipinski definition) is 7. The number of hydrogen-bond donors (Lipinski definition) is 2. The molecule has 1 aliphatic heterocycles. The number of carbonyl (C=O) groups is 1. The summed E-state index contributed by atoms with van der Waals surface area (Å²) in [5.74, 6) is 0.718. The van der Waals surface area contributed by atoms with E-state index in [1.165, 1.54) is 17.3 Å². The van der Waals surface area contributed by atoms with Crippen LogP contribution in [0, 0.1) is 0 Å². The highest BCUT2D eigenvalue weighted by atomic mass is 35.5. The first kappa shape index (κ1) is 22.8.